The number of hydrogen-bond acceptors (Lipinski definition) is 3. The van der Waals surface area contributed by atoms with Crippen molar-refractivity contribution < 1.29 is 26.4 Å². The van der Waals surface area contributed by atoms with Crippen molar-refractivity contribution in [1.82, 2.24) is 4.31 Å². The average molecular weight is 426 g/mol. The summed E-state index contributed by atoms with van der Waals surface area (Å²) in [5.41, 5.74) is -0.0813. The fourth-order valence-electron chi connectivity index (χ4n) is 3.37. The van der Waals surface area contributed by atoms with Crippen molar-refractivity contribution in [1.29, 1.82) is 0 Å². The van der Waals surface area contributed by atoms with E-state index in [0.717, 1.165) is 18.2 Å². The Morgan fingerprint density at radius 1 is 1.03 bits per heavy atom. The molecule has 9 heteroatoms. The quantitative estimate of drug-likeness (QED) is 0.761. The van der Waals surface area contributed by atoms with E-state index < -0.39 is 33.4 Å². The molecular formula is C20H21F3N2O3S. The van der Waals surface area contributed by atoms with E-state index in [1.807, 2.05) is 0 Å². The van der Waals surface area contributed by atoms with Gasteiger partial charge in [-0.15, -0.1) is 0 Å². The normalized spacial score (nSPS) is 16.0. The molecule has 156 valence electrons. The van der Waals surface area contributed by atoms with Crippen LogP contribution in [0, 0.1) is 23.4 Å². The number of carbonyl (C=O) groups is 1. The summed E-state index contributed by atoms with van der Waals surface area (Å²) in [7, 11) is -3.89. The van der Waals surface area contributed by atoms with Gasteiger partial charge in [0, 0.05) is 25.6 Å². The lowest BCUT2D eigenvalue weighted by Gasteiger charge is -2.31. The van der Waals surface area contributed by atoms with Crippen LogP contribution in [0.25, 0.3) is 0 Å². The first-order chi connectivity index (χ1) is 13.8. The number of rotatable bonds is 6. The van der Waals surface area contributed by atoms with Gasteiger partial charge in [-0.05, 0) is 49.4 Å². The van der Waals surface area contributed by atoms with E-state index in [-0.39, 0.29) is 36.0 Å². The number of anilines is 1. The van der Waals surface area contributed by atoms with Gasteiger partial charge in [-0.3, -0.25) is 4.79 Å². The molecule has 0 bridgehead atoms. The first-order valence-corrected chi connectivity index (χ1v) is 10.7. The van der Waals surface area contributed by atoms with Gasteiger partial charge in [-0.25, -0.2) is 21.6 Å². The zero-order valence-corrected chi connectivity index (χ0v) is 16.4. The Bertz CT molecular complexity index is 990. The van der Waals surface area contributed by atoms with Crippen molar-refractivity contribution in [3.63, 3.8) is 0 Å². The topological polar surface area (TPSA) is 66.5 Å². The third-order valence-electron chi connectivity index (χ3n) is 5.01. The largest absolute Gasteiger partial charge is 0.324 e. The lowest BCUT2D eigenvalue weighted by Crippen LogP contribution is -2.38. The summed E-state index contributed by atoms with van der Waals surface area (Å²) in [6, 6.07) is 8.19. The van der Waals surface area contributed by atoms with Crippen LogP contribution in [0.1, 0.15) is 25.7 Å². The lowest BCUT2D eigenvalue weighted by atomic mass is 9.93. The third kappa shape index (κ3) is 5.16. The Hall–Kier alpha value is -2.39. The van der Waals surface area contributed by atoms with E-state index in [1.165, 1.54) is 22.5 Å². The molecule has 3 rings (SSSR count). The highest BCUT2D eigenvalue weighted by atomic mass is 32.2. The van der Waals surface area contributed by atoms with Gasteiger partial charge < -0.3 is 5.32 Å². The number of nitrogens with zero attached hydrogens (tertiary/aromatic N) is 1. The van der Waals surface area contributed by atoms with Crippen molar-refractivity contribution in [2.75, 3.05) is 18.4 Å². The molecule has 0 saturated carbocycles. The third-order valence-corrected chi connectivity index (χ3v) is 6.94. The summed E-state index contributed by atoms with van der Waals surface area (Å²) in [6.45, 7) is 0.491. The molecule has 0 aromatic heterocycles. The monoisotopic (exact) mass is 426 g/mol. The number of benzene rings is 2. The highest BCUT2D eigenvalue weighted by Gasteiger charge is 2.31. The molecule has 1 N–H and O–H groups in total. The molecule has 29 heavy (non-hydrogen) atoms. The molecular weight excluding hydrogens is 405 g/mol. The highest BCUT2D eigenvalue weighted by Crippen LogP contribution is 2.27. The van der Waals surface area contributed by atoms with Crippen LogP contribution in [0.4, 0.5) is 18.9 Å². The van der Waals surface area contributed by atoms with Gasteiger partial charge in [0.1, 0.15) is 22.3 Å². The second-order valence-corrected chi connectivity index (χ2v) is 8.90. The van der Waals surface area contributed by atoms with Gasteiger partial charge >= 0.3 is 0 Å². The maximum Gasteiger partial charge on any atom is 0.245 e. The van der Waals surface area contributed by atoms with Crippen molar-refractivity contribution in [3.8, 4) is 0 Å². The van der Waals surface area contributed by atoms with Crippen LogP contribution in [0.3, 0.4) is 0 Å². The summed E-state index contributed by atoms with van der Waals surface area (Å²) in [5, 5.41) is 2.41. The van der Waals surface area contributed by atoms with Crippen molar-refractivity contribution in [2.45, 2.75) is 30.6 Å². The Balaban J connectivity index is 1.50. The SMILES string of the molecule is O=C(CCC1CCN(S(=O)(=O)c2ccccc2F)CC1)Nc1ccc(F)cc1F. The average Bonchev–Trinajstić information content (AvgIpc) is 2.69. The number of carbonyl (C=O) groups excluding carboxylic acids is 1. The van der Waals surface area contributed by atoms with Crippen LogP contribution in [0.2, 0.25) is 0 Å². The van der Waals surface area contributed by atoms with Gasteiger partial charge in [0.15, 0.2) is 0 Å². The minimum atomic E-state index is -3.89. The number of piperidine rings is 1. The van der Waals surface area contributed by atoms with Crippen LogP contribution in [0.15, 0.2) is 47.4 Å². The van der Waals surface area contributed by atoms with Crippen LogP contribution in [0.5, 0.6) is 0 Å². The fourth-order valence-corrected chi connectivity index (χ4v) is 4.90. The Labute approximate surface area is 167 Å². The lowest BCUT2D eigenvalue weighted by molar-refractivity contribution is -0.116. The number of nitrogens with one attached hydrogen (secondary N) is 1. The molecule has 0 unspecified atom stereocenters. The minimum Gasteiger partial charge on any atom is -0.324 e. The van der Waals surface area contributed by atoms with E-state index in [0.29, 0.717) is 25.3 Å². The molecule has 1 fully saturated rings. The van der Waals surface area contributed by atoms with E-state index in [9.17, 15) is 26.4 Å². The fraction of sp³-hybridized carbons (Fsp3) is 0.350. The van der Waals surface area contributed by atoms with Gasteiger partial charge in [0.25, 0.3) is 0 Å². The molecule has 0 atom stereocenters. The smallest absolute Gasteiger partial charge is 0.245 e. The van der Waals surface area contributed by atoms with Crippen LogP contribution >= 0.6 is 0 Å². The van der Waals surface area contributed by atoms with Gasteiger partial charge in [-0.1, -0.05) is 12.1 Å². The van der Waals surface area contributed by atoms with Crippen LogP contribution < -0.4 is 5.32 Å². The number of hydrogen-bond donors (Lipinski definition) is 1. The summed E-state index contributed by atoms with van der Waals surface area (Å²) < 4.78 is 66.8. The zero-order chi connectivity index (χ0) is 21.0. The molecule has 2 aromatic carbocycles. The molecule has 0 spiro atoms. The summed E-state index contributed by atoms with van der Waals surface area (Å²) in [6.07, 6.45) is 1.75. The second kappa shape index (κ2) is 8.96. The predicted octanol–water partition coefficient (Wildman–Crippen LogP) is 3.92. The van der Waals surface area contributed by atoms with Crippen LogP contribution in [-0.4, -0.2) is 31.7 Å². The first kappa shape index (κ1) is 21.3. The number of amides is 1. The van der Waals surface area contributed by atoms with Crippen molar-refractivity contribution >= 4 is 21.6 Å². The maximum absolute atomic E-state index is 13.9. The molecule has 0 radical (unpaired) electrons. The molecule has 2 aromatic rings. The minimum absolute atomic E-state index is 0.0813. The van der Waals surface area contributed by atoms with E-state index in [2.05, 4.69) is 5.32 Å². The second-order valence-electron chi connectivity index (χ2n) is 6.99. The Kier molecular flexibility index (Phi) is 6.59. The van der Waals surface area contributed by atoms with Crippen molar-refractivity contribution in [2.24, 2.45) is 5.92 Å². The molecule has 1 aliphatic heterocycles. The standard InChI is InChI=1S/C20H21F3N2O3S/c21-15-6-7-18(17(23)13-15)24-20(26)8-5-14-9-11-25(12-10-14)29(27,28)19-4-2-1-3-16(19)22/h1-4,6-7,13-14H,5,8-12H2,(H,24,26). The van der Waals surface area contributed by atoms with Crippen molar-refractivity contribution in [3.05, 3.63) is 59.9 Å². The molecule has 0 aliphatic carbocycles. The first-order valence-electron chi connectivity index (χ1n) is 9.27. The predicted molar refractivity (Wildman–Crippen MR) is 102 cm³/mol. The van der Waals surface area contributed by atoms with Gasteiger partial charge in [0.05, 0.1) is 5.69 Å². The molecule has 1 amide bonds. The summed E-state index contributed by atoms with van der Waals surface area (Å²) in [4.78, 5) is 11.7. The summed E-state index contributed by atoms with van der Waals surface area (Å²) >= 11 is 0. The molecule has 5 nitrogen and oxygen atoms in total. The van der Waals surface area contributed by atoms with Gasteiger partial charge in [-0.2, -0.15) is 4.31 Å². The highest BCUT2D eigenvalue weighted by molar-refractivity contribution is 7.89. The van der Waals surface area contributed by atoms with Crippen LogP contribution in [-0.2, 0) is 14.8 Å². The number of halogens is 3. The van der Waals surface area contributed by atoms with E-state index in [1.54, 1.807) is 0 Å². The maximum atomic E-state index is 13.9. The zero-order valence-electron chi connectivity index (χ0n) is 15.6. The van der Waals surface area contributed by atoms with E-state index in [4.69, 9.17) is 0 Å². The molecule has 1 saturated heterocycles. The number of sulfonamides is 1. The van der Waals surface area contributed by atoms with Gasteiger partial charge in [0.2, 0.25) is 15.9 Å². The van der Waals surface area contributed by atoms with E-state index >= 15 is 0 Å². The Morgan fingerprint density at radius 2 is 1.72 bits per heavy atom. The molecule has 1 heterocycles. The Morgan fingerprint density at radius 3 is 2.38 bits per heavy atom. The summed E-state index contributed by atoms with van der Waals surface area (Å²) in [5.74, 6) is -2.61. The molecule has 1 aliphatic rings.